The van der Waals surface area contributed by atoms with Crippen molar-refractivity contribution >= 4 is 11.5 Å². The first-order valence-electron chi connectivity index (χ1n) is 6.31. The van der Waals surface area contributed by atoms with E-state index in [1.54, 1.807) is 0 Å². The molecule has 0 saturated heterocycles. The number of aromatic nitrogens is 3. The van der Waals surface area contributed by atoms with Gasteiger partial charge in [-0.3, -0.25) is 5.10 Å². The van der Waals surface area contributed by atoms with Gasteiger partial charge in [-0.05, 0) is 46.3 Å². The highest BCUT2D eigenvalue weighted by Crippen LogP contribution is 2.35. The molecule has 2 rings (SSSR count). The van der Waals surface area contributed by atoms with E-state index >= 15 is 0 Å². The number of H-pyrrole nitrogens is 1. The van der Waals surface area contributed by atoms with Crippen LogP contribution < -0.4 is 0 Å². The Kier molecular flexibility index (Phi) is 3.57. The topological polar surface area (TPSA) is 41.6 Å². The van der Waals surface area contributed by atoms with Crippen molar-refractivity contribution in [2.24, 2.45) is 0 Å². The maximum absolute atomic E-state index is 4.21. The number of nitrogens with zero attached hydrogens (tertiary/aromatic N) is 2. The van der Waals surface area contributed by atoms with Crippen LogP contribution in [0.2, 0.25) is 0 Å². The molecule has 1 N–H and O–H groups in total. The van der Waals surface area contributed by atoms with Gasteiger partial charge < -0.3 is 0 Å². The molecule has 0 spiro atoms. The Morgan fingerprint density at radius 1 is 1.06 bits per heavy atom. The van der Waals surface area contributed by atoms with E-state index in [4.69, 9.17) is 0 Å². The summed E-state index contributed by atoms with van der Waals surface area (Å²) in [7, 11) is 0. The van der Waals surface area contributed by atoms with Gasteiger partial charge in [0.2, 0.25) is 0 Å². The molecular weight excluding hydrogens is 242 g/mol. The minimum atomic E-state index is 0.160. The van der Waals surface area contributed by atoms with E-state index < -0.39 is 0 Å². The average Bonchev–Trinajstić information content (AvgIpc) is 2.99. The monoisotopic (exact) mass is 263 g/mol. The van der Waals surface area contributed by atoms with Crippen LogP contribution >= 0.6 is 11.5 Å². The summed E-state index contributed by atoms with van der Waals surface area (Å²) >= 11 is 1.53. The normalized spacial score (nSPS) is 12.9. The van der Waals surface area contributed by atoms with Gasteiger partial charge in [0.25, 0.3) is 0 Å². The predicted molar refractivity (Wildman–Crippen MR) is 76.0 cm³/mol. The van der Waals surface area contributed by atoms with Crippen LogP contribution in [0.5, 0.6) is 0 Å². The molecule has 0 bridgehead atoms. The van der Waals surface area contributed by atoms with Crippen LogP contribution in [0.15, 0.2) is 24.0 Å². The van der Waals surface area contributed by atoms with E-state index in [0.717, 1.165) is 12.8 Å². The molecule has 2 aromatic heterocycles. The maximum atomic E-state index is 4.21. The summed E-state index contributed by atoms with van der Waals surface area (Å²) in [5.41, 5.74) is 2.97. The van der Waals surface area contributed by atoms with E-state index in [-0.39, 0.29) is 10.8 Å². The van der Waals surface area contributed by atoms with E-state index in [1.165, 1.54) is 22.7 Å². The lowest BCUT2D eigenvalue weighted by atomic mass is 9.74. The summed E-state index contributed by atoms with van der Waals surface area (Å²) in [5.74, 6) is 0. The van der Waals surface area contributed by atoms with Crippen molar-refractivity contribution in [2.75, 3.05) is 0 Å². The SMILES string of the molecule is CC(C)(CCC(C)(C)c1cnsc1)c1cn[nH]c1. The van der Waals surface area contributed by atoms with E-state index in [2.05, 4.69) is 47.6 Å². The summed E-state index contributed by atoms with van der Waals surface area (Å²) in [4.78, 5) is 0. The van der Waals surface area contributed by atoms with Crippen molar-refractivity contribution in [3.63, 3.8) is 0 Å². The Hall–Kier alpha value is -1.16. The summed E-state index contributed by atoms with van der Waals surface area (Å²) in [6, 6.07) is 0. The molecule has 18 heavy (non-hydrogen) atoms. The lowest BCUT2D eigenvalue weighted by Crippen LogP contribution is -2.23. The minimum absolute atomic E-state index is 0.160. The molecule has 0 unspecified atom stereocenters. The lowest BCUT2D eigenvalue weighted by Gasteiger charge is -2.30. The quantitative estimate of drug-likeness (QED) is 0.888. The number of hydrogen-bond acceptors (Lipinski definition) is 3. The highest BCUT2D eigenvalue weighted by Gasteiger charge is 2.28. The second kappa shape index (κ2) is 4.84. The minimum Gasteiger partial charge on any atom is -0.285 e. The third-order valence-corrected chi connectivity index (χ3v) is 4.45. The second-order valence-corrected chi connectivity index (χ2v) is 6.83. The van der Waals surface area contributed by atoms with E-state index in [9.17, 15) is 0 Å². The Bertz CT molecular complexity index is 423. The first-order chi connectivity index (χ1) is 8.42. The Morgan fingerprint density at radius 3 is 2.22 bits per heavy atom. The highest BCUT2D eigenvalue weighted by atomic mass is 32.1. The molecule has 2 aromatic rings. The van der Waals surface area contributed by atoms with E-state index in [0.29, 0.717) is 0 Å². The van der Waals surface area contributed by atoms with Crippen molar-refractivity contribution in [3.8, 4) is 0 Å². The van der Waals surface area contributed by atoms with Gasteiger partial charge in [0, 0.05) is 17.8 Å². The molecule has 0 radical (unpaired) electrons. The molecule has 4 heteroatoms. The molecule has 0 saturated carbocycles. The van der Waals surface area contributed by atoms with Crippen LogP contribution in [0.25, 0.3) is 0 Å². The van der Waals surface area contributed by atoms with Gasteiger partial charge >= 0.3 is 0 Å². The summed E-state index contributed by atoms with van der Waals surface area (Å²) in [6.45, 7) is 9.14. The molecule has 0 amide bonds. The third kappa shape index (κ3) is 2.80. The first-order valence-corrected chi connectivity index (χ1v) is 7.15. The molecule has 98 valence electrons. The Labute approximate surface area is 113 Å². The van der Waals surface area contributed by atoms with Crippen molar-refractivity contribution < 1.29 is 0 Å². The largest absolute Gasteiger partial charge is 0.285 e. The molecule has 0 aliphatic heterocycles. The molecule has 0 aliphatic rings. The van der Waals surface area contributed by atoms with Gasteiger partial charge in [-0.25, -0.2) is 4.37 Å². The fraction of sp³-hybridized carbons (Fsp3) is 0.571. The fourth-order valence-corrected chi connectivity index (χ4v) is 2.80. The zero-order chi connectivity index (χ0) is 13.2. The third-order valence-electron chi connectivity index (χ3n) is 3.87. The van der Waals surface area contributed by atoms with Gasteiger partial charge in [-0.2, -0.15) is 5.10 Å². The van der Waals surface area contributed by atoms with Crippen molar-refractivity contribution in [1.29, 1.82) is 0 Å². The molecule has 0 aliphatic carbocycles. The summed E-state index contributed by atoms with van der Waals surface area (Å²) in [6.07, 6.45) is 8.20. The van der Waals surface area contributed by atoms with Crippen LogP contribution in [-0.4, -0.2) is 14.6 Å². The fourth-order valence-electron chi connectivity index (χ4n) is 2.07. The average molecular weight is 263 g/mol. The molecule has 0 aromatic carbocycles. The molecule has 0 fully saturated rings. The zero-order valence-electron chi connectivity index (χ0n) is 11.5. The van der Waals surface area contributed by atoms with Crippen molar-refractivity contribution in [3.05, 3.63) is 35.1 Å². The zero-order valence-corrected chi connectivity index (χ0v) is 12.3. The van der Waals surface area contributed by atoms with Crippen molar-refractivity contribution in [2.45, 2.75) is 51.4 Å². The number of nitrogens with one attached hydrogen (secondary N) is 1. The highest BCUT2D eigenvalue weighted by molar-refractivity contribution is 7.03. The molecule has 0 atom stereocenters. The van der Waals surface area contributed by atoms with E-state index in [1.807, 2.05) is 18.6 Å². The van der Waals surface area contributed by atoms with Gasteiger partial charge in [-0.1, -0.05) is 27.7 Å². The van der Waals surface area contributed by atoms with Crippen LogP contribution in [0.1, 0.15) is 51.7 Å². The second-order valence-electron chi connectivity index (χ2n) is 6.17. The molecule has 3 nitrogen and oxygen atoms in total. The maximum Gasteiger partial charge on any atom is 0.0524 e. The number of aromatic amines is 1. The smallest absolute Gasteiger partial charge is 0.0524 e. The van der Waals surface area contributed by atoms with Crippen LogP contribution in [-0.2, 0) is 10.8 Å². The Morgan fingerprint density at radius 2 is 1.72 bits per heavy atom. The standard InChI is InChI=1S/C14H21N3S/c1-13(2,11-7-15-16-8-11)5-6-14(3,4)12-9-17-18-10-12/h7-10H,5-6H2,1-4H3,(H,15,16). The summed E-state index contributed by atoms with van der Waals surface area (Å²) < 4.78 is 4.21. The van der Waals surface area contributed by atoms with Gasteiger partial charge in [0.1, 0.15) is 0 Å². The summed E-state index contributed by atoms with van der Waals surface area (Å²) in [5, 5.41) is 9.11. The molecule has 2 heterocycles. The van der Waals surface area contributed by atoms with Gasteiger partial charge in [0.15, 0.2) is 0 Å². The van der Waals surface area contributed by atoms with Crippen molar-refractivity contribution in [1.82, 2.24) is 14.6 Å². The number of hydrogen-bond donors (Lipinski definition) is 1. The lowest BCUT2D eigenvalue weighted by molar-refractivity contribution is 0.375. The predicted octanol–water partition coefficient (Wildman–Crippen LogP) is 3.90. The number of rotatable bonds is 5. The first kappa shape index (κ1) is 13.3. The Balaban J connectivity index is 2.03. The van der Waals surface area contributed by atoms with Gasteiger partial charge in [-0.15, -0.1) is 0 Å². The van der Waals surface area contributed by atoms with Crippen LogP contribution in [0.4, 0.5) is 0 Å². The van der Waals surface area contributed by atoms with Crippen LogP contribution in [0, 0.1) is 0 Å². The molecular formula is C14H21N3S. The van der Waals surface area contributed by atoms with Crippen LogP contribution in [0.3, 0.4) is 0 Å². The van der Waals surface area contributed by atoms with Gasteiger partial charge in [0.05, 0.1) is 6.20 Å².